The fraction of sp³-hybridized carbons (Fsp3) is 0. The minimum Gasteiger partial charge on any atom is -0.306 e. The maximum absolute atomic E-state index is 13.5. The van der Waals surface area contributed by atoms with Crippen LogP contribution >= 0.6 is 11.6 Å². The Hall–Kier alpha value is -3.30. The molecule has 2 heterocycles. The minimum absolute atomic E-state index is 0.154. The van der Waals surface area contributed by atoms with Crippen molar-refractivity contribution in [3.05, 3.63) is 77.2 Å². The van der Waals surface area contributed by atoms with Gasteiger partial charge in [-0.2, -0.15) is 5.10 Å². The summed E-state index contributed by atoms with van der Waals surface area (Å²) in [5, 5.41) is 10.0. The monoisotopic (exact) mass is 430 g/mol. The van der Waals surface area contributed by atoms with Crippen LogP contribution in [-0.2, 0) is 9.84 Å². The number of fused-ring (bicyclic) bond motifs is 1. The van der Waals surface area contributed by atoms with Gasteiger partial charge in [-0.25, -0.2) is 17.8 Å². The van der Waals surface area contributed by atoms with Gasteiger partial charge in [-0.15, -0.1) is 0 Å². The zero-order valence-corrected chi connectivity index (χ0v) is 16.1. The molecule has 4 rings (SSSR count). The summed E-state index contributed by atoms with van der Waals surface area (Å²) in [6, 6.07) is 12.3. The molecule has 0 saturated carbocycles. The van der Waals surface area contributed by atoms with Crippen LogP contribution in [0.15, 0.2) is 70.6 Å². The number of hydrogen-bond donors (Lipinski definition) is 2. The molecule has 1 amide bonds. The molecule has 0 aliphatic carbocycles. The van der Waals surface area contributed by atoms with Crippen LogP contribution in [0.2, 0.25) is 5.02 Å². The Bertz CT molecular complexity index is 1340. The Labute approximate surface area is 169 Å². The van der Waals surface area contributed by atoms with Crippen LogP contribution in [-0.4, -0.2) is 29.5 Å². The van der Waals surface area contributed by atoms with Gasteiger partial charge in [0.2, 0.25) is 9.84 Å². The van der Waals surface area contributed by atoms with E-state index in [0.29, 0.717) is 16.0 Å². The number of aromatic nitrogens is 3. The van der Waals surface area contributed by atoms with Gasteiger partial charge in [0.1, 0.15) is 11.6 Å². The van der Waals surface area contributed by atoms with E-state index in [2.05, 4.69) is 20.5 Å². The first kappa shape index (κ1) is 19.0. The van der Waals surface area contributed by atoms with Gasteiger partial charge in [-0.1, -0.05) is 17.7 Å². The van der Waals surface area contributed by atoms with E-state index in [1.54, 1.807) is 24.3 Å². The average Bonchev–Trinajstić information content (AvgIpc) is 3.10. The molecule has 0 unspecified atom stereocenters. The molecular weight excluding hydrogens is 419 g/mol. The summed E-state index contributed by atoms with van der Waals surface area (Å²) < 4.78 is 39.1. The number of hydrogen-bond acceptors (Lipinski definition) is 5. The molecule has 10 heteroatoms. The van der Waals surface area contributed by atoms with Crippen LogP contribution in [0.5, 0.6) is 0 Å². The highest BCUT2D eigenvalue weighted by atomic mass is 35.5. The number of carbonyl (C=O) groups excluding carboxylic acids is 1. The van der Waals surface area contributed by atoms with E-state index in [1.165, 1.54) is 18.2 Å². The third-order valence-electron chi connectivity index (χ3n) is 4.15. The number of nitrogens with zero attached hydrogens (tertiary/aromatic N) is 2. The van der Waals surface area contributed by atoms with Crippen molar-refractivity contribution >= 4 is 44.2 Å². The lowest BCUT2D eigenvalue weighted by molar-refractivity contribution is 0.102. The Kier molecular flexibility index (Phi) is 4.77. The standard InChI is InChI=1S/C19H12ClFN4O3S/c20-12-6-4-11(5-7-12)19(26)23-18-16-9-15(10-22-17(16)24-25-18)29(27,28)14-3-1-2-13(21)8-14/h1-10H,(H2,22,23,24,25,26). The van der Waals surface area contributed by atoms with Gasteiger partial charge in [0.05, 0.1) is 15.2 Å². The molecule has 146 valence electrons. The topological polar surface area (TPSA) is 105 Å². The first-order valence-electron chi connectivity index (χ1n) is 8.26. The number of anilines is 1. The normalized spacial score (nSPS) is 11.5. The largest absolute Gasteiger partial charge is 0.306 e. The molecule has 2 N–H and O–H groups in total. The molecule has 0 aliphatic heterocycles. The number of nitrogens with one attached hydrogen (secondary N) is 2. The lowest BCUT2D eigenvalue weighted by Gasteiger charge is -2.06. The second-order valence-corrected chi connectivity index (χ2v) is 8.45. The number of aromatic amines is 1. The highest BCUT2D eigenvalue weighted by Crippen LogP contribution is 2.26. The summed E-state index contributed by atoms with van der Waals surface area (Å²) in [6.45, 7) is 0. The van der Waals surface area contributed by atoms with Crippen molar-refractivity contribution in [1.82, 2.24) is 15.2 Å². The van der Waals surface area contributed by atoms with E-state index in [4.69, 9.17) is 11.6 Å². The first-order valence-corrected chi connectivity index (χ1v) is 10.1. The van der Waals surface area contributed by atoms with Gasteiger partial charge in [0, 0.05) is 16.8 Å². The molecular formula is C19H12ClFN4O3S. The summed E-state index contributed by atoms with van der Waals surface area (Å²) in [6.07, 6.45) is 1.13. The molecule has 4 aromatic rings. The van der Waals surface area contributed by atoms with Gasteiger partial charge in [-0.3, -0.25) is 9.89 Å². The smallest absolute Gasteiger partial charge is 0.256 e. The van der Waals surface area contributed by atoms with Crippen molar-refractivity contribution in [3.8, 4) is 0 Å². The summed E-state index contributed by atoms with van der Waals surface area (Å²) >= 11 is 5.82. The molecule has 0 atom stereocenters. The second kappa shape index (κ2) is 7.26. The molecule has 0 saturated heterocycles. The van der Waals surface area contributed by atoms with E-state index >= 15 is 0 Å². The first-order chi connectivity index (χ1) is 13.8. The SMILES string of the molecule is O=C(Nc1[nH]nc2ncc(S(=O)(=O)c3cccc(F)c3)cc12)c1ccc(Cl)cc1. The Balaban J connectivity index is 1.71. The van der Waals surface area contributed by atoms with E-state index in [9.17, 15) is 17.6 Å². The quantitative estimate of drug-likeness (QED) is 0.512. The number of sulfone groups is 1. The highest BCUT2D eigenvalue weighted by molar-refractivity contribution is 7.91. The van der Waals surface area contributed by atoms with Crippen LogP contribution in [0.25, 0.3) is 11.0 Å². The third kappa shape index (κ3) is 3.69. The van der Waals surface area contributed by atoms with Gasteiger partial charge in [0.15, 0.2) is 5.65 Å². The Morgan fingerprint density at radius 1 is 1.07 bits per heavy atom. The van der Waals surface area contributed by atoms with E-state index in [0.717, 1.165) is 18.3 Å². The summed E-state index contributed by atoms with van der Waals surface area (Å²) in [7, 11) is -4.00. The lowest BCUT2D eigenvalue weighted by Crippen LogP contribution is -2.12. The van der Waals surface area contributed by atoms with E-state index in [-0.39, 0.29) is 21.3 Å². The Morgan fingerprint density at radius 2 is 1.83 bits per heavy atom. The average molecular weight is 431 g/mol. The van der Waals surface area contributed by atoms with Gasteiger partial charge in [-0.05, 0) is 48.5 Å². The summed E-state index contributed by atoms with van der Waals surface area (Å²) in [5.74, 6) is -0.923. The van der Waals surface area contributed by atoms with Crippen LogP contribution in [0, 0.1) is 5.82 Å². The summed E-state index contributed by atoms with van der Waals surface area (Å²) in [4.78, 5) is 16.1. The summed E-state index contributed by atoms with van der Waals surface area (Å²) in [5.41, 5.74) is 0.572. The molecule has 7 nitrogen and oxygen atoms in total. The van der Waals surface area contributed by atoms with Crippen molar-refractivity contribution in [2.45, 2.75) is 9.79 Å². The molecule has 0 aliphatic rings. The van der Waals surface area contributed by atoms with E-state index in [1.807, 2.05) is 0 Å². The van der Waals surface area contributed by atoms with Gasteiger partial charge in [0.25, 0.3) is 5.91 Å². The maximum Gasteiger partial charge on any atom is 0.256 e. The van der Waals surface area contributed by atoms with Crippen LogP contribution in [0.1, 0.15) is 10.4 Å². The van der Waals surface area contributed by atoms with Crippen LogP contribution in [0.4, 0.5) is 10.2 Å². The second-order valence-electron chi connectivity index (χ2n) is 6.06. The van der Waals surface area contributed by atoms with E-state index < -0.39 is 21.6 Å². The number of amides is 1. The molecule has 0 fully saturated rings. The number of rotatable bonds is 4. The number of halogens is 2. The van der Waals surface area contributed by atoms with Gasteiger partial charge < -0.3 is 5.32 Å². The van der Waals surface area contributed by atoms with Gasteiger partial charge >= 0.3 is 0 Å². The molecule has 2 aromatic heterocycles. The number of benzene rings is 2. The zero-order valence-electron chi connectivity index (χ0n) is 14.6. The Morgan fingerprint density at radius 3 is 2.55 bits per heavy atom. The van der Waals surface area contributed by atoms with Crippen molar-refractivity contribution in [2.24, 2.45) is 0 Å². The van der Waals surface area contributed by atoms with Crippen molar-refractivity contribution in [3.63, 3.8) is 0 Å². The predicted octanol–water partition coefficient (Wildman–Crippen LogP) is 3.84. The number of pyridine rings is 1. The maximum atomic E-state index is 13.5. The fourth-order valence-electron chi connectivity index (χ4n) is 2.68. The van der Waals surface area contributed by atoms with Crippen molar-refractivity contribution in [2.75, 3.05) is 5.32 Å². The molecule has 0 spiro atoms. The van der Waals surface area contributed by atoms with Crippen LogP contribution < -0.4 is 5.32 Å². The number of H-pyrrole nitrogens is 1. The molecule has 29 heavy (non-hydrogen) atoms. The third-order valence-corrected chi connectivity index (χ3v) is 6.12. The highest BCUT2D eigenvalue weighted by Gasteiger charge is 2.21. The lowest BCUT2D eigenvalue weighted by atomic mass is 10.2. The minimum atomic E-state index is -4.00. The predicted molar refractivity (Wildman–Crippen MR) is 105 cm³/mol. The van der Waals surface area contributed by atoms with Crippen molar-refractivity contribution in [1.29, 1.82) is 0 Å². The zero-order chi connectivity index (χ0) is 20.6. The number of carbonyl (C=O) groups is 1. The molecule has 2 aromatic carbocycles. The van der Waals surface area contributed by atoms with Crippen molar-refractivity contribution < 1.29 is 17.6 Å². The van der Waals surface area contributed by atoms with Crippen LogP contribution in [0.3, 0.4) is 0 Å². The fourth-order valence-corrected chi connectivity index (χ4v) is 4.07. The molecule has 0 radical (unpaired) electrons. The molecule has 0 bridgehead atoms.